The third-order valence-corrected chi connectivity index (χ3v) is 10.1. The predicted octanol–water partition coefficient (Wildman–Crippen LogP) is 5.11. The number of imidazole rings is 1. The third kappa shape index (κ3) is 3.83. The van der Waals surface area contributed by atoms with Gasteiger partial charge in [-0.15, -0.1) is 0 Å². The van der Waals surface area contributed by atoms with Gasteiger partial charge < -0.3 is 29.5 Å². The lowest BCUT2D eigenvalue weighted by Crippen LogP contribution is -2.41. The highest BCUT2D eigenvalue weighted by Gasteiger charge is 2.47. The molecule has 3 fully saturated rings. The molecule has 1 aliphatic heterocycles. The Morgan fingerprint density at radius 1 is 1.07 bits per heavy atom. The van der Waals surface area contributed by atoms with Gasteiger partial charge in [-0.25, -0.2) is 15.0 Å². The van der Waals surface area contributed by atoms with E-state index < -0.39 is 0 Å². The third-order valence-electron chi connectivity index (χ3n) is 10.1. The second kappa shape index (κ2) is 9.40. The van der Waals surface area contributed by atoms with Gasteiger partial charge in [0.15, 0.2) is 5.82 Å². The van der Waals surface area contributed by atoms with Crippen molar-refractivity contribution < 1.29 is 9.53 Å². The molecular weight excluding hydrogens is 552 g/mol. The number of aromatic amines is 1. The summed E-state index contributed by atoms with van der Waals surface area (Å²) < 4.78 is 10.3. The molecule has 6 heterocycles. The Bertz CT molecular complexity index is 2120. The molecule has 2 bridgehead atoms. The van der Waals surface area contributed by atoms with Crippen LogP contribution in [0, 0.1) is 11.8 Å². The van der Waals surface area contributed by atoms with E-state index in [9.17, 15) is 4.79 Å². The average molecular weight is 587 g/mol. The van der Waals surface area contributed by atoms with Crippen LogP contribution in [0.15, 0.2) is 54.9 Å². The maximum atomic E-state index is 13.7. The highest BCUT2D eigenvalue weighted by molar-refractivity contribution is 6.00. The SMILES string of the molecule is COc1cc(C(=O)N2CC3CCC2C3N)cc2nc(-c3cc4ccc(-c5cnc6[nH]ccc6c5)nc4n3CC3CC3)n(C)c12. The Hall–Kier alpha value is -4.70. The number of hydrogen-bond acceptors (Lipinski definition) is 6. The number of nitrogens with one attached hydrogen (secondary N) is 1. The number of benzene rings is 1. The number of aromatic nitrogens is 6. The zero-order chi connectivity index (χ0) is 29.7. The largest absolute Gasteiger partial charge is 0.494 e. The van der Waals surface area contributed by atoms with E-state index in [1.807, 2.05) is 42.5 Å². The molecule has 2 aliphatic carbocycles. The number of rotatable bonds is 6. The van der Waals surface area contributed by atoms with Gasteiger partial charge in [0.2, 0.25) is 0 Å². The van der Waals surface area contributed by atoms with Crippen molar-refractivity contribution in [1.82, 2.24) is 34.0 Å². The Balaban J connectivity index is 1.16. The molecule has 10 heteroatoms. The number of nitrogens with zero attached hydrogens (tertiary/aromatic N) is 6. The molecule has 9 rings (SSSR count). The highest BCUT2D eigenvalue weighted by Crippen LogP contribution is 2.40. The quantitative estimate of drug-likeness (QED) is 0.280. The zero-order valence-corrected chi connectivity index (χ0v) is 24.8. The first-order valence-electron chi connectivity index (χ1n) is 15.5. The number of hydrogen-bond donors (Lipinski definition) is 2. The van der Waals surface area contributed by atoms with Crippen LogP contribution in [-0.2, 0) is 13.6 Å². The Morgan fingerprint density at radius 3 is 2.73 bits per heavy atom. The number of ether oxygens (including phenoxy) is 1. The van der Waals surface area contributed by atoms with E-state index in [2.05, 4.69) is 43.4 Å². The molecule has 1 saturated heterocycles. The topological polar surface area (TPSA) is 120 Å². The molecule has 44 heavy (non-hydrogen) atoms. The van der Waals surface area contributed by atoms with Gasteiger partial charge in [-0.05, 0) is 80.0 Å². The summed E-state index contributed by atoms with van der Waals surface area (Å²) in [4.78, 5) is 33.7. The second-order valence-corrected chi connectivity index (χ2v) is 12.8. The number of likely N-dealkylation sites (tertiary alicyclic amines) is 1. The first-order valence-corrected chi connectivity index (χ1v) is 15.5. The number of fused-ring (bicyclic) bond motifs is 5. The van der Waals surface area contributed by atoms with Crippen LogP contribution in [0.25, 0.3) is 55.9 Å². The number of methoxy groups -OCH3 is 1. The lowest BCUT2D eigenvalue weighted by atomic mass is 10.1. The molecular formula is C34H34N8O2. The number of aryl methyl sites for hydroxylation is 1. The number of nitrogens with two attached hydrogens (primary N) is 1. The van der Waals surface area contributed by atoms with Crippen LogP contribution < -0.4 is 10.5 Å². The summed E-state index contributed by atoms with van der Waals surface area (Å²) in [5.74, 6) is 2.49. The fourth-order valence-corrected chi connectivity index (χ4v) is 7.56. The molecule has 3 N–H and O–H groups in total. The number of carbonyl (C=O) groups is 1. The lowest BCUT2D eigenvalue weighted by molar-refractivity contribution is 0.0700. The van der Waals surface area contributed by atoms with Crippen molar-refractivity contribution >= 4 is 39.0 Å². The van der Waals surface area contributed by atoms with Crippen LogP contribution >= 0.6 is 0 Å². The number of piperidine rings is 1. The summed E-state index contributed by atoms with van der Waals surface area (Å²) >= 11 is 0. The number of carbonyl (C=O) groups excluding carboxylic acids is 1. The highest BCUT2D eigenvalue weighted by atomic mass is 16.5. The molecule has 5 aromatic heterocycles. The van der Waals surface area contributed by atoms with Gasteiger partial charge in [0.05, 0.1) is 24.0 Å². The van der Waals surface area contributed by atoms with Crippen molar-refractivity contribution in [3.63, 3.8) is 0 Å². The molecule has 6 aromatic rings. The minimum absolute atomic E-state index is 0.00643. The first-order chi connectivity index (χ1) is 21.5. The van der Waals surface area contributed by atoms with Crippen LogP contribution in [0.3, 0.4) is 0 Å². The lowest BCUT2D eigenvalue weighted by Gasteiger charge is -2.27. The van der Waals surface area contributed by atoms with Gasteiger partial charge in [-0.1, -0.05) is 0 Å². The second-order valence-electron chi connectivity index (χ2n) is 12.8. The molecule has 2 saturated carbocycles. The van der Waals surface area contributed by atoms with Gasteiger partial charge in [0.25, 0.3) is 5.91 Å². The summed E-state index contributed by atoms with van der Waals surface area (Å²) in [5, 5.41) is 2.13. The van der Waals surface area contributed by atoms with Crippen LogP contribution in [-0.4, -0.2) is 65.6 Å². The van der Waals surface area contributed by atoms with E-state index in [0.29, 0.717) is 23.1 Å². The maximum Gasteiger partial charge on any atom is 0.254 e. The van der Waals surface area contributed by atoms with E-state index in [0.717, 1.165) is 81.8 Å². The Kier molecular flexibility index (Phi) is 5.50. The van der Waals surface area contributed by atoms with Crippen LogP contribution in [0.5, 0.6) is 5.75 Å². The van der Waals surface area contributed by atoms with Gasteiger partial charge in [-0.3, -0.25) is 4.79 Å². The van der Waals surface area contributed by atoms with Crippen molar-refractivity contribution in [1.29, 1.82) is 0 Å². The normalized spacial score (nSPS) is 21.3. The van der Waals surface area contributed by atoms with Gasteiger partial charge >= 0.3 is 0 Å². The molecule has 1 aromatic carbocycles. The summed E-state index contributed by atoms with van der Waals surface area (Å²) in [5.41, 5.74) is 13.3. The van der Waals surface area contributed by atoms with Crippen molar-refractivity contribution in [3.8, 4) is 28.5 Å². The monoisotopic (exact) mass is 586 g/mol. The number of pyridine rings is 2. The van der Waals surface area contributed by atoms with Crippen LogP contribution in [0.1, 0.15) is 36.0 Å². The summed E-state index contributed by atoms with van der Waals surface area (Å²) in [6.45, 7) is 1.61. The van der Waals surface area contributed by atoms with Gasteiger partial charge in [-0.2, -0.15) is 0 Å². The molecule has 1 amide bonds. The average Bonchev–Trinajstić information content (AvgIpc) is 3.34. The molecule has 0 spiro atoms. The zero-order valence-electron chi connectivity index (χ0n) is 24.8. The minimum atomic E-state index is 0.00643. The number of H-pyrrole nitrogens is 1. The summed E-state index contributed by atoms with van der Waals surface area (Å²) in [7, 11) is 3.67. The van der Waals surface area contributed by atoms with Crippen molar-refractivity contribution in [2.45, 2.75) is 44.3 Å². The molecule has 3 atom stereocenters. The summed E-state index contributed by atoms with van der Waals surface area (Å²) in [6, 6.07) is 14.5. The fraction of sp³-hybridized carbons (Fsp3) is 0.353. The van der Waals surface area contributed by atoms with Gasteiger partial charge in [0, 0.05) is 66.5 Å². The van der Waals surface area contributed by atoms with Crippen LogP contribution in [0.2, 0.25) is 0 Å². The molecule has 222 valence electrons. The number of amides is 1. The van der Waals surface area contributed by atoms with E-state index in [4.69, 9.17) is 20.4 Å². The maximum absolute atomic E-state index is 13.7. The standard InChI is InChI=1S/C34H34N8O2/c1-40-30-25(12-22(14-28(30)44-2)34(43)42-17-21-6-8-26(42)29(21)35)39-33(40)27-13-20-5-7-24(38-32(20)41(27)16-18-3-4-18)23-11-19-9-10-36-31(19)37-15-23/h5,7,9-15,18,21,26,29H,3-4,6,8,16-17,35H2,1-2H3,(H,36,37). The van der Waals surface area contributed by atoms with Crippen molar-refractivity contribution in [2.24, 2.45) is 24.6 Å². The Morgan fingerprint density at radius 2 is 1.95 bits per heavy atom. The molecule has 10 nitrogen and oxygen atoms in total. The van der Waals surface area contributed by atoms with E-state index in [1.165, 1.54) is 12.8 Å². The van der Waals surface area contributed by atoms with E-state index in [-0.39, 0.29) is 18.0 Å². The molecule has 3 unspecified atom stereocenters. The van der Waals surface area contributed by atoms with Crippen LogP contribution in [0.4, 0.5) is 0 Å². The summed E-state index contributed by atoms with van der Waals surface area (Å²) in [6.07, 6.45) is 8.30. The van der Waals surface area contributed by atoms with Crippen molar-refractivity contribution in [3.05, 3.63) is 60.4 Å². The van der Waals surface area contributed by atoms with E-state index in [1.54, 1.807) is 7.11 Å². The fourth-order valence-electron chi connectivity index (χ4n) is 7.56. The van der Waals surface area contributed by atoms with Crippen molar-refractivity contribution in [2.75, 3.05) is 13.7 Å². The molecule has 3 aliphatic rings. The smallest absolute Gasteiger partial charge is 0.254 e. The first kappa shape index (κ1) is 25.8. The van der Waals surface area contributed by atoms with E-state index >= 15 is 0 Å². The van der Waals surface area contributed by atoms with Gasteiger partial charge in [0.1, 0.15) is 22.6 Å². The Labute approximate surface area is 253 Å². The predicted molar refractivity (Wildman–Crippen MR) is 169 cm³/mol. The minimum Gasteiger partial charge on any atom is -0.494 e. The molecule has 0 radical (unpaired) electrons.